The van der Waals surface area contributed by atoms with Crippen LogP contribution in [0.15, 0.2) is 84.9 Å². The Bertz CT molecular complexity index is 1890. The molecular weight excluding hydrogens is 700 g/mol. The Hall–Kier alpha value is -4.22. The third-order valence-corrected chi connectivity index (χ3v) is 9.43. The summed E-state index contributed by atoms with van der Waals surface area (Å²) in [7, 11) is -13.7. The molecule has 0 bridgehead atoms. The predicted molar refractivity (Wildman–Crippen MR) is 173 cm³/mol. The maximum absolute atomic E-state index is 13.2. The van der Waals surface area contributed by atoms with Crippen LogP contribution >= 0.6 is 0 Å². The number of para-hydroxylation sites is 1. The number of carbonyl (C=O) groups is 1. The summed E-state index contributed by atoms with van der Waals surface area (Å²) in [5.74, 6) is 1.47. The number of rotatable bonds is 9. The standard InChI is InChI=1S/C29H29N3O.C2F6O5S2.CH4/c1-21(2)18-32-27(33)17-25-28(32)24-15-9-10-16-26(24)30-29(25)31(19-22-11-5-3-6-12-22)20-23-13-7-4-8-14-23;3-1(4,5)14(9,10)13-15(11,12)2(6,7)8;/h3-16,21H,17-20H2,1-2H3;;1H4. The maximum Gasteiger partial charge on any atom is 0.524 e. The van der Waals surface area contributed by atoms with Gasteiger partial charge in [0.25, 0.3) is 0 Å². The van der Waals surface area contributed by atoms with E-state index in [4.69, 9.17) is 4.98 Å². The molecule has 0 unspecified atom stereocenters. The lowest BCUT2D eigenvalue weighted by Crippen LogP contribution is -2.34. The Morgan fingerprint density at radius 2 is 1.22 bits per heavy atom. The molecular formula is C32H33F6N3O6S2. The highest BCUT2D eigenvalue weighted by Gasteiger charge is 2.57. The average Bonchev–Trinajstić information content (AvgIpc) is 3.31. The second kappa shape index (κ2) is 15.1. The molecule has 5 rings (SSSR count). The summed E-state index contributed by atoms with van der Waals surface area (Å²) in [6.45, 7) is 6.49. The second-order valence-corrected chi connectivity index (χ2v) is 14.3. The highest BCUT2D eigenvalue weighted by Crippen LogP contribution is 2.42. The molecule has 1 aliphatic heterocycles. The highest BCUT2D eigenvalue weighted by atomic mass is 32.3. The molecule has 1 aromatic heterocycles. The number of anilines is 2. The van der Waals surface area contributed by atoms with E-state index in [9.17, 15) is 48.0 Å². The zero-order valence-corrected chi connectivity index (χ0v) is 27.0. The molecule has 2 heterocycles. The van der Waals surface area contributed by atoms with Gasteiger partial charge in [0.2, 0.25) is 5.91 Å². The Morgan fingerprint density at radius 1 is 0.776 bits per heavy atom. The number of pyridine rings is 1. The summed E-state index contributed by atoms with van der Waals surface area (Å²) in [5, 5.41) is 1.06. The van der Waals surface area contributed by atoms with Crippen LogP contribution < -0.4 is 9.80 Å². The van der Waals surface area contributed by atoms with Crippen molar-refractivity contribution in [2.75, 3.05) is 16.3 Å². The third-order valence-electron chi connectivity index (χ3n) is 6.87. The number of fused-ring (bicyclic) bond motifs is 3. The smallest absolute Gasteiger partial charge is 0.348 e. The van der Waals surface area contributed by atoms with E-state index in [-0.39, 0.29) is 13.3 Å². The Kier molecular flexibility index (Phi) is 12.1. The topological polar surface area (TPSA) is 114 Å². The molecule has 0 spiro atoms. The normalized spacial score (nSPS) is 13.5. The van der Waals surface area contributed by atoms with Crippen LogP contribution in [0.25, 0.3) is 10.9 Å². The molecule has 0 saturated heterocycles. The summed E-state index contributed by atoms with van der Waals surface area (Å²) in [6.07, 6.45) is 0.398. The molecule has 4 aromatic rings. The molecule has 1 amide bonds. The largest absolute Gasteiger partial charge is 0.524 e. The first kappa shape index (κ1) is 39.2. The molecule has 0 saturated carbocycles. The number of benzene rings is 3. The van der Waals surface area contributed by atoms with Crippen LogP contribution in [-0.4, -0.2) is 45.3 Å². The fourth-order valence-corrected chi connectivity index (χ4v) is 6.45. The van der Waals surface area contributed by atoms with E-state index in [1.807, 2.05) is 32.8 Å². The Morgan fingerprint density at radius 3 is 1.67 bits per heavy atom. The predicted octanol–water partition coefficient (Wildman–Crippen LogP) is 7.33. The molecule has 1 aliphatic rings. The van der Waals surface area contributed by atoms with Crippen LogP contribution in [0.2, 0.25) is 0 Å². The van der Waals surface area contributed by atoms with Crippen molar-refractivity contribution < 1.29 is 51.6 Å². The van der Waals surface area contributed by atoms with Gasteiger partial charge in [0.05, 0.1) is 17.6 Å². The third kappa shape index (κ3) is 9.27. The first-order chi connectivity index (χ1) is 22.3. The molecule has 266 valence electrons. The lowest BCUT2D eigenvalue weighted by Gasteiger charge is -2.28. The Labute approximate surface area is 280 Å². The summed E-state index contributed by atoms with van der Waals surface area (Å²) in [5.41, 5.74) is -7.05. The molecule has 9 nitrogen and oxygen atoms in total. The number of hydrogen-bond donors (Lipinski definition) is 0. The van der Waals surface area contributed by atoms with Gasteiger partial charge in [-0.05, 0) is 23.1 Å². The first-order valence-corrected chi connectivity index (χ1v) is 17.0. The lowest BCUT2D eigenvalue weighted by molar-refractivity contribution is -0.117. The number of alkyl halides is 6. The summed E-state index contributed by atoms with van der Waals surface area (Å²) < 4.78 is 110. The van der Waals surface area contributed by atoms with Gasteiger partial charge in [-0.15, -0.1) is 3.63 Å². The minimum Gasteiger partial charge on any atom is -0.348 e. The molecule has 0 atom stereocenters. The molecule has 0 radical (unpaired) electrons. The molecule has 3 aromatic carbocycles. The first-order valence-electron chi connectivity index (χ1n) is 14.2. The summed E-state index contributed by atoms with van der Waals surface area (Å²) >= 11 is 0. The Balaban J connectivity index is 0.000000347. The fourth-order valence-electron chi connectivity index (χ4n) is 4.89. The zero-order chi connectivity index (χ0) is 35.5. The van der Waals surface area contributed by atoms with Crippen LogP contribution in [0.3, 0.4) is 0 Å². The van der Waals surface area contributed by atoms with Crippen LogP contribution in [0, 0.1) is 5.92 Å². The van der Waals surface area contributed by atoms with Crippen LogP contribution in [0.5, 0.6) is 0 Å². The number of hydrogen-bond acceptors (Lipinski definition) is 8. The summed E-state index contributed by atoms with van der Waals surface area (Å²) in [4.78, 5) is 22.6. The molecule has 0 fully saturated rings. The number of halogens is 6. The van der Waals surface area contributed by atoms with Crippen molar-refractivity contribution in [2.45, 2.75) is 51.8 Å². The molecule has 0 aliphatic carbocycles. The average molecular weight is 734 g/mol. The minimum absolute atomic E-state index is 0. The number of carbonyl (C=O) groups excluding carboxylic acids is 1. The van der Waals surface area contributed by atoms with Gasteiger partial charge in [-0.3, -0.25) is 4.79 Å². The van der Waals surface area contributed by atoms with Gasteiger partial charge in [-0.1, -0.05) is 100 Å². The van der Waals surface area contributed by atoms with Crippen LogP contribution in [-0.2, 0) is 48.2 Å². The highest BCUT2D eigenvalue weighted by molar-refractivity contribution is 8.00. The van der Waals surface area contributed by atoms with Gasteiger partial charge >= 0.3 is 31.3 Å². The molecule has 17 heteroatoms. The monoisotopic (exact) mass is 733 g/mol. The van der Waals surface area contributed by atoms with Crippen molar-refractivity contribution in [1.29, 1.82) is 0 Å². The van der Waals surface area contributed by atoms with Gasteiger partial charge < -0.3 is 9.80 Å². The molecule has 49 heavy (non-hydrogen) atoms. The van der Waals surface area contributed by atoms with E-state index in [1.54, 1.807) is 0 Å². The SMILES string of the molecule is C.CC(C)CN1C(=O)Cc2c(N(Cc3ccccc3)Cc3ccccc3)nc3ccccc3c21.O=S(=O)(OS(=O)(=O)C(F)(F)F)C(F)(F)F. The van der Waals surface area contributed by atoms with Gasteiger partial charge in [-0.25, -0.2) is 4.98 Å². The molecule has 0 N–H and O–H groups in total. The van der Waals surface area contributed by atoms with E-state index in [1.165, 1.54) is 11.1 Å². The quantitative estimate of drug-likeness (QED) is 0.130. The lowest BCUT2D eigenvalue weighted by atomic mass is 10.1. The maximum atomic E-state index is 13.2. The van der Waals surface area contributed by atoms with Crippen molar-refractivity contribution in [1.82, 2.24) is 4.98 Å². The van der Waals surface area contributed by atoms with Crippen molar-refractivity contribution in [3.05, 3.63) is 102 Å². The van der Waals surface area contributed by atoms with Crippen LogP contribution in [0.4, 0.5) is 37.8 Å². The van der Waals surface area contributed by atoms with Crippen molar-refractivity contribution in [3.63, 3.8) is 0 Å². The van der Waals surface area contributed by atoms with E-state index in [0.717, 1.165) is 47.6 Å². The van der Waals surface area contributed by atoms with E-state index in [0.29, 0.717) is 12.3 Å². The zero-order valence-electron chi connectivity index (χ0n) is 25.4. The minimum atomic E-state index is -6.85. The number of amides is 1. The van der Waals surface area contributed by atoms with Crippen molar-refractivity contribution in [2.24, 2.45) is 5.92 Å². The van der Waals surface area contributed by atoms with Crippen molar-refractivity contribution in [3.8, 4) is 0 Å². The van der Waals surface area contributed by atoms with E-state index < -0.39 is 31.3 Å². The number of aromatic nitrogens is 1. The van der Waals surface area contributed by atoms with Gasteiger partial charge in [0.15, 0.2) is 0 Å². The van der Waals surface area contributed by atoms with Crippen molar-refractivity contribution >= 4 is 48.6 Å². The van der Waals surface area contributed by atoms with Gasteiger partial charge in [0.1, 0.15) is 5.82 Å². The van der Waals surface area contributed by atoms with E-state index >= 15 is 0 Å². The second-order valence-electron chi connectivity index (χ2n) is 11.0. The fraction of sp³-hybridized carbons (Fsp3) is 0.312. The van der Waals surface area contributed by atoms with E-state index in [2.05, 4.69) is 79.4 Å². The summed E-state index contributed by atoms with van der Waals surface area (Å²) in [6, 6.07) is 29.2. The number of nitrogens with zero attached hydrogens (tertiary/aromatic N) is 3. The van der Waals surface area contributed by atoms with Gasteiger partial charge in [0, 0.05) is 30.6 Å². The van der Waals surface area contributed by atoms with Crippen LogP contribution in [0.1, 0.15) is 38.0 Å². The van der Waals surface area contributed by atoms with Gasteiger partial charge in [-0.2, -0.15) is 43.2 Å².